The minimum absolute atomic E-state index is 0.165. The first-order valence-corrected chi connectivity index (χ1v) is 5.94. The monoisotopic (exact) mass is 248 g/mol. The molecule has 0 aliphatic heterocycles. The van der Waals surface area contributed by atoms with E-state index in [1.165, 1.54) is 11.3 Å². The van der Waals surface area contributed by atoms with E-state index in [0.29, 0.717) is 10.7 Å². The Bertz CT molecular complexity index is 520. The van der Waals surface area contributed by atoms with E-state index < -0.39 is 0 Å². The summed E-state index contributed by atoms with van der Waals surface area (Å²) in [6, 6.07) is 6.94. The lowest BCUT2D eigenvalue weighted by Gasteiger charge is -2.03. The van der Waals surface area contributed by atoms with E-state index in [2.05, 4.69) is 10.3 Å². The van der Waals surface area contributed by atoms with Crippen molar-refractivity contribution in [2.45, 2.75) is 6.92 Å². The van der Waals surface area contributed by atoms with Gasteiger partial charge in [0.05, 0.1) is 12.8 Å². The van der Waals surface area contributed by atoms with Gasteiger partial charge in [0.25, 0.3) is 5.91 Å². The average Bonchev–Trinajstić information content (AvgIpc) is 2.75. The Hall–Kier alpha value is -1.88. The Labute approximate surface area is 103 Å². The molecular formula is C12H12N2O2S. The van der Waals surface area contributed by atoms with Crippen LogP contribution in [0.4, 0.5) is 5.13 Å². The zero-order chi connectivity index (χ0) is 12.3. The van der Waals surface area contributed by atoms with Gasteiger partial charge in [0.15, 0.2) is 5.13 Å². The average molecular weight is 248 g/mol. The Morgan fingerprint density at radius 2 is 2.06 bits per heavy atom. The van der Waals surface area contributed by atoms with Crippen molar-refractivity contribution < 1.29 is 9.53 Å². The van der Waals surface area contributed by atoms with Crippen molar-refractivity contribution >= 4 is 22.4 Å². The molecule has 0 unspecified atom stereocenters. The van der Waals surface area contributed by atoms with Crippen LogP contribution in [0.5, 0.6) is 5.75 Å². The summed E-state index contributed by atoms with van der Waals surface area (Å²) in [5, 5.41) is 5.25. The minimum atomic E-state index is -0.165. The summed E-state index contributed by atoms with van der Waals surface area (Å²) in [5.74, 6) is 0.564. The number of hydrogen-bond acceptors (Lipinski definition) is 4. The fourth-order valence-electron chi connectivity index (χ4n) is 1.32. The molecule has 0 aliphatic carbocycles. The highest BCUT2D eigenvalue weighted by Crippen LogP contribution is 2.17. The number of aromatic nitrogens is 1. The Balaban J connectivity index is 2.09. The number of aryl methyl sites for hydroxylation is 1. The van der Waals surface area contributed by atoms with Crippen molar-refractivity contribution in [1.82, 2.24) is 4.98 Å². The van der Waals surface area contributed by atoms with Gasteiger partial charge in [-0.3, -0.25) is 10.1 Å². The first-order valence-electron chi connectivity index (χ1n) is 5.06. The Kier molecular flexibility index (Phi) is 3.39. The highest BCUT2D eigenvalue weighted by atomic mass is 32.1. The summed E-state index contributed by atoms with van der Waals surface area (Å²) < 4.78 is 5.03. The quantitative estimate of drug-likeness (QED) is 0.908. The normalized spacial score (nSPS) is 10.0. The number of carbonyl (C=O) groups is 1. The highest BCUT2D eigenvalue weighted by molar-refractivity contribution is 7.13. The maximum Gasteiger partial charge on any atom is 0.257 e. The van der Waals surface area contributed by atoms with Crippen LogP contribution in [0.25, 0.3) is 0 Å². The molecule has 2 rings (SSSR count). The lowest BCUT2D eigenvalue weighted by molar-refractivity contribution is 0.102. The molecule has 1 aromatic heterocycles. The molecule has 1 heterocycles. The molecule has 88 valence electrons. The number of anilines is 1. The van der Waals surface area contributed by atoms with Gasteiger partial charge in [-0.05, 0) is 31.2 Å². The van der Waals surface area contributed by atoms with Gasteiger partial charge in [0.2, 0.25) is 0 Å². The van der Waals surface area contributed by atoms with Crippen molar-refractivity contribution in [2.24, 2.45) is 0 Å². The fourth-order valence-corrected chi connectivity index (χ4v) is 2.01. The molecule has 17 heavy (non-hydrogen) atoms. The number of thiazole rings is 1. The smallest absolute Gasteiger partial charge is 0.257 e. The van der Waals surface area contributed by atoms with Crippen LogP contribution >= 0.6 is 11.3 Å². The van der Waals surface area contributed by atoms with Crippen LogP contribution in [-0.2, 0) is 0 Å². The number of benzene rings is 1. The largest absolute Gasteiger partial charge is 0.497 e. The molecule has 1 N–H and O–H groups in total. The highest BCUT2D eigenvalue weighted by Gasteiger charge is 2.07. The molecule has 0 fully saturated rings. The number of ether oxygens (including phenoxy) is 1. The topological polar surface area (TPSA) is 51.2 Å². The Morgan fingerprint density at radius 1 is 1.35 bits per heavy atom. The van der Waals surface area contributed by atoms with Gasteiger partial charge in [-0.2, -0.15) is 0 Å². The SMILES string of the molecule is COc1ccc(C(=O)Nc2nc(C)cs2)cc1. The van der Waals surface area contributed by atoms with Gasteiger partial charge in [-0.1, -0.05) is 0 Å². The predicted molar refractivity (Wildman–Crippen MR) is 67.8 cm³/mol. The van der Waals surface area contributed by atoms with Gasteiger partial charge in [-0.15, -0.1) is 11.3 Å². The van der Waals surface area contributed by atoms with E-state index in [4.69, 9.17) is 4.74 Å². The first kappa shape index (κ1) is 11.6. The third kappa shape index (κ3) is 2.82. The standard InChI is InChI=1S/C12H12N2O2S/c1-8-7-17-12(13-8)14-11(15)9-3-5-10(16-2)6-4-9/h3-7H,1-2H3,(H,13,14,15). The van der Waals surface area contributed by atoms with Crippen LogP contribution in [0.15, 0.2) is 29.6 Å². The molecule has 0 atom stereocenters. The number of carbonyl (C=O) groups excluding carboxylic acids is 1. The third-order valence-corrected chi connectivity index (χ3v) is 3.07. The van der Waals surface area contributed by atoms with E-state index >= 15 is 0 Å². The van der Waals surface area contributed by atoms with Gasteiger partial charge in [-0.25, -0.2) is 4.98 Å². The van der Waals surface area contributed by atoms with Gasteiger partial charge in [0.1, 0.15) is 5.75 Å². The Morgan fingerprint density at radius 3 is 2.59 bits per heavy atom. The van der Waals surface area contributed by atoms with Crippen LogP contribution in [0.3, 0.4) is 0 Å². The molecule has 4 nitrogen and oxygen atoms in total. The first-order chi connectivity index (χ1) is 8.19. The minimum Gasteiger partial charge on any atom is -0.497 e. The maximum atomic E-state index is 11.8. The lowest BCUT2D eigenvalue weighted by atomic mass is 10.2. The molecular weight excluding hydrogens is 236 g/mol. The van der Waals surface area contributed by atoms with E-state index in [-0.39, 0.29) is 5.91 Å². The molecule has 0 spiro atoms. The van der Waals surface area contributed by atoms with Crippen molar-refractivity contribution in [3.63, 3.8) is 0 Å². The second kappa shape index (κ2) is 4.97. The number of methoxy groups -OCH3 is 1. The van der Waals surface area contributed by atoms with Crippen molar-refractivity contribution in [3.8, 4) is 5.75 Å². The van der Waals surface area contributed by atoms with Crippen molar-refractivity contribution in [2.75, 3.05) is 12.4 Å². The fraction of sp³-hybridized carbons (Fsp3) is 0.167. The summed E-state index contributed by atoms with van der Waals surface area (Å²) in [5.41, 5.74) is 1.48. The summed E-state index contributed by atoms with van der Waals surface area (Å²) in [6.45, 7) is 1.89. The van der Waals surface area contributed by atoms with Gasteiger partial charge >= 0.3 is 0 Å². The van der Waals surface area contributed by atoms with Crippen LogP contribution in [0.2, 0.25) is 0 Å². The van der Waals surface area contributed by atoms with Crippen molar-refractivity contribution in [3.05, 3.63) is 40.9 Å². The van der Waals surface area contributed by atoms with Crippen molar-refractivity contribution in [1.29, 1.82) is 0 Å². The molecule has 0 saturated heterocycles. The summed E-state index contributed by atoms with van der Waals surface area (Å²) >= 11 is 1.41. The van der Waals surface area contributed by atoms with E-state index in [1.807, 2.05) is 12.3 Å². The van der Waals surface area contributed by atoms with Crippen LogP contribution in [-0.4, -0.2) is 18.0 Å². The predicted octanol–water partition coefficient (Wildman–Crippen LogP) is 2.71. The van der Waals surface area contributed by atoms with E-state index in [1.54, 1.807) is 31.4 Å². The van der Waals surface area contributed by atoms with Gasteiger partial charge in [0, 0.05) is 10.9 Å². The molecule has 5 heteroatoms. The van der Waals surface area contributed by atoms with Gasteiger partial charge < -0.3 is 4.74 Å². The second-order valence-corrected chi connectivity index (χ2v) is 4.33. The molecule has 0 saturated carbocycles. The number of nitrogens with one attached hydrogen (secondary N) is 1. The van der Waals surface area contributed by atoms with Crippen LogP contribution in [0.1, 0.15) is 16.1 Å². The molecule has 2 aromatic rings. The van der Waals surface area contributed by atoms with Crippen LogP contribution in [0, 0.1) is 6.92 Å². The van der Waals surface area contributed by atoms with E-state index in [0.717, 1.165) is 11.4 Å². The zero-order valence-corrected chi connectivity index (χ0v) is 10.4. The number of hydrogen-bond donors (Lipinski definition) is 1. The third-order valence-electron chi connectivity index (χ3n) is 2.19. The number of nitrogens with zero attached hydrogens (tertiary/aromatic N) is 1. The summed E-state index contributed by atoms with van der Waals surface area (Å²) in [4.78, 5) is 16.0. The summed E-state index contributed by atoms with van der Waals surface area (Å²) in [6.07, 6.45) is 0. The molecule has 0 radical (unpaired) electrons. The molecule has 0 aliphatic rings. The molecule has 0 bridgehead atoms. The number of amides is 1. The zero-order valence-electron chi connectivity index (χ0n) is 9.56. The lowest BCUT2D eigenvalue weighted by Crippen LogP contribution is -2.11. The summed E-state index contributed by atoms with van der Waals surface area (Å²) in [7, 11) is 1.59. The van der Waals surface area contributed by atoms with Crippen LogP contribution < -0.4 is 10.1 Å². The molecule has 1 aromatic carbocycles. The second-order valence-electron chi connectivity index (χ2n) is 3.48. The number of rotatable bonds is 3. The van der Waals surface area contributed by atoms with E-state index in [9.17, 15) is 4.79 Å². The molecule has 1 amide bonds. The maximum absolute atomic E-state index is 11.8.